The van der Waals surface area contributed by atoms with Gasteiger partial charge in [0.15, 0.2) is 11.5 Å². The molecule has 1 saturated carbocycles. The van der Waals surface area contributed by atoms with E-state index in [2.05, 4.69) is 15.1 Å². The SMILES string of the molecule is O=C(O)c1ccn(-c2cc(-c3ccccc3)nc(C3CC3)n2)n1. The molecule has 0 bridgehead atoms. The van der Waals surface area contributed by atoms with Crippen molar-refractivity contribution in [3.63, 3.8) is 0 Å². The van der Waals surface area contributed by atoms with Gasteiger partial charge in [0.1, 0.15) is 5.82 Å². The number of hydrogen-bond acceptors (Lipinski definition) is 4. The molecule has 3 aromatic rings. The first-order chi connectivity index (χ1) is 11.2. The topological polar surface area (TPSA) is 80.9 Å². The van der Waals surface area contributed by atoms with Crippen LogP contribution in [0.3, 0.4) is 0 Å². The first-order valence-electron chi connectivity index (χ1n) is 7.44. The van der Waals surface area contributed by atoms with E-state index in [0.717, 1.165) is 29.9 Å². The van der Waals surface area contributed by atoms with Gasteiger partial charge in [-0.2, -0.15) is 5.10 Å². The average Bonchev–Trinajstić information content (AvgIpc) is 3.31. The number of carbonyl (C=O) groups is 1. The van der Waals surface area contributed by atoms with Gasteiger partial charge in [-0.1, -0.05) is 30.3 Å². The second kappa shape index (κ2) is 5.31. The zero-order chi connectivity index (χ0) is 15.8. The van der Waals surface area contributed by atoms with Crippen LogP contribution in [0.4, 0.5) is 0 Å². The van der Waals surface area contributed by atoms with Crippen molar-refractivity contribution in [2.75, 3.05) is 0 Å². The lowest BCUT2D eigenvalue weighted by Crippen LogP contribution is -2.06. The van der Waals surface area contributed by atoms with Crippen LogP contribution in [0.1, 0.15) is 35.1 Å². The molecule has 6 heteroatoms. The van der Waals surface area contributed by atoms with Crippen molar-refractivity contribution in [1.29, 1.82) is 0 Å². The molecule has 0 atom stereocenters. The summed E-state index contributed by atoms with van der Waals surface area (Å²) in [5, 5.41) is 13.1. The number of carboxylic acid groups (broad SMARTS) is 1. The summed E-state index contributed by atoms with van der Waals surface area (Å²) >= 11 is 0. The molecule has 0 amide bonds. The minimum absolute atomic E-state index is 0.00200. The zero-order valence-electron chi connectivity index (χ0n) is 12.3. The number of rotatable bonds is 4. The molecule has 1 aliphatic carbocycles. The normalized spacial score (nSPS) is 13.9. The highest BCUT2D eigenvalue weighted by molar-refractivity contribution is 5.85. The van der Waals surface area contributed by atoms with Crippen molar-refractivity contribution in [2.24, 2.45) is 0 Å². The van der Waals surface area contributed by atoms with Gasteiger partial charge in [0, 0.05) is 23.7 Å². The fourth-order valence-corrected chi connectivity index (χ4v) is 2.42. The highest BCUT2D eigenvalue weighted by Crippen LogP contribution is 2.39. The molecule has 6 nitrogen and oxygen atoms in total. The Morgan fingerprint density at radius 2 is 1.91 bits per heavy atom. The fourth-order valence-electron chi connectivity index (χ4n) is 2.42. The Labute approximate surface area is 132 Å². The van der Waals surface area contributed by atoms with Crippen molar-refractivity contribution in [2.45, 2.75) is 18.8 Å². The number of nitrogens with zero attached hydrogens (tertiary/aromatic N) is 4. The van der Waals surface area contributed by atoms with Crippen LogP contribution in [-0.4, -0.2) is 30.8 Å². The molecule has 0 aliphatic heterocycles. The quantitative estimate of drug-likeness (QED) is 0.801. The third-order valence-corrected chi connectivity index (χ3v) is 3.78. The van der Waals surface area contributed by atoms with Crippen molar-refractivity contribution >= 4 is 5.97 Å². The van der Waals surface area contributed by atoms with E-state index in [1.54, 1.807) is 6.20 Å². The van der Waals surface area contributed by atoms with E-state index in [1.165, 1.54) is 10.7 Å². The molecule has 1 N–H and O–H groups in total. The molecular weight excluding hydrogens is 292 g/mol. The Hall–Kier alpha value is -3.02. The summed E-state index contributed by atoms with van der Waals surface area (Å²) in [6.07, 6.45) is 3.80. The van der Waals surface area contributed by atoms with Gasteiger partial charge >= 0.3 is 5.97 Å². The van der Waals surface area contributed by atoms with E-state index in [1.807, 2.05) is 36.4 Å². The second-order valence-corrected chi connectivity index (χ2v) is 5.56. The summed E-state index contributed by atoms with van der Waals surface area (Å²) in [7, 11) is 0. The Morgan fingerprint density at radius 1 is 1.13 bits per heavy atom. The minimum atomic E-state index is -1.05. The standard InChI is InChI=1S/C17H14N4O2/c22-17(23)13-8-9-21(20-13)15-10-14(11-4-2-1-3-5-11)18-16(19-15)12-6-7-12/h1-5,8-10,12H,6-7H2,(H,22,23). The van der Waals surface area contributed by atoms with Gasteiger partial charge in [-0.05, 0) is 18.9 Å². The van der Waals surface area contributed by atoms with Crippen molar-refractivity contribution in [3.8, 4) is 17.1 Å². The van der Waals surface area contributed by atoms with Gasteiger partial charge in [0.25, 0.3) is 0 Å². The molecular formula is C17H14N4O2. The summed E-state index contributed by atoms with van der Waals surface area (Å²) in [5.74, 6) is 0.734. The first kappa shape index (κ1) is 13.6. The Balaban J connectivity index is 1.82. The summed E-state index contributed by atoms with van der Waals surface area (Å²) in [6.45, 7) is 0. The predicted molar refractivity (Wildman–Crippen MR) is 83.5 cm³/mol. The van der Waals surface area contributed by atoms with Crippen molar-refractivity contribution in [1.82, 2.24) is 19.7 Å². The van der Waals surface area contributed by atoms with Crippen LogP contribution in [0, 0.1) is 0 Å². The van der Waals surface area contributed by atoms with Crippen LogP contribution in [-0.2, 0) is 0 Å². The molecule has 2 heterocycles. The number of hydrogen-bond donors (Lipinski definition) is 1. The average molecular weight is 306 g/mol. The van der Waals surface area contributed by atoms with E-state index in [9.17, 15) is 4.79 Å². The number of carboxylic acids is 1. The van der Waals surface area contributed by atoms with Crippen molar-refractivity contribution < 1.29 is 9.90 Å². The molecule has 1 aliphatic rings. The first-order valence-corrected chi connectivity index (χ1v) is 7.44. The summed E-state index contributed by atoms with van der Waals surface area (Å²) in [5.41, 5.74) is 1.83. The maximum atomic E-state index is 11.0. The van der Waals surface area contributed by atoms with Gasteiger partial charge in [-0.3, -0.25) is 0 Å². The summed E-state index contributed by atoms with van der Waals surface area (Å²) < 4.78 is 1.49. The van der Waals surface area contributed by atoms with Crippen LogP contribution in [0.2, 0.25) is 0 Å². The van der Waals surface area contributed by atoms with E-state index >= 15 is 0 Å². The van der Waals surface area contributed by atoms with E-state index in [4.69, 9.17) is 5.11 Å². The third-order valence-electron chi connectivity index (χ3n) is 3.78. The Bertz CT molecular complexity index is 869. The number of benzene rings is 1. The molecule has 23 heavy (non-hydrogen) atoms. The predicted octanol–water partition coefficient (Wildman–Crippen LogP) is 2.90. The molecule has 0 saturated heterocycles. The molecule has 2 aromatic heterocycles. The highest BCUT2D eigenvalue weighted by Gasteiger charge is 2.27. The van der Waals surface area contributed by atoms with Crippen LogP contribution < -0.4 is 0 Å². The lowest BCUT2D eigenvalue weighted by atomic mass is 10.1. The van der Waals surface area contributed by atoms with Crippen LogP contribution >= 0.6 is 0 Å². The number of aromatic carboxylic acids is 1. The van der Waals surface area contributed by atoms with Gasteiger partial charge in [-0.25, -0.2) is 19.4 Å². The van der Waals surface area contributed by atoms with Gasteiger partial charge in [-0.15, -0.1) is 0 Å². The summed E-state index contributed by atoms with van der Waals surface area (Å²) in [4.78, 5) is 20.2. The highest BCUT2D eigenvalue weighted by atomic mass is 16.4. The van der Waals surface area contributed by atoms with E-state index < -0.39 is 5.97 Å². The molecule has 0 unspecified atom stereocenters. The molecule has 114 valence electrons. The second-order valence-electron chi connectivity index (χ2n) is 5.56. The van der Waals surface area contributed by atoms with Crippen molar-refractivity contribution in [3.05, 3.63) is 60.2 Å². The fraction of sp³-hybridized carbons (Fsp3) is 0.176. The van der Waals surface area contributed by atoms with E-state index in [0.29, 0.717) is 11.7 Å². The monoisotopic (exact) mass is 306 g/mol. The Morgan fingerprint density at radius 3 is 2.57 bits per heavy atom. The van der Waals surface area contributed by atoms with Gasteiger partial charge in [0.2, 0.25) is 0 Å². The lowest BCUT2D eigenvalue weighted by Gasteiger charge is -2.08. The molecule has 1 fully saturated rings. The maximum Gasteiger partial charge on any atom is 0.356 e. The van der Waals surface area contributed by atoms with Gasteiger partial charge in [0.05, 0.1) is 5.69 Å². The lowest BCUT2D eigenvalue weighted by molar-refractivity contribution is 0.0690. The van der Waals surface area contributed by atoms with E-state index in [-0.39, 0.29) is 5.69 Å². The molecule has 0 radical (unpaired) electrons. The van der Waals surface area contributed by atoms with Crippen LogP contribution in [0.5, 0.6) is 0 Å². The molecule has 0 spiro atoms. The smallest absolute Gasteiger partial charge is 0.356 e. The number of aromatic nitrogens is 4. The summed E-state index contributed by atoms with van der Waals surface area (Å²) in [6, 6.07) is 13.2. The van der Waals surface area contributed by atoms with Crippen LogP contribution in [0.15, 0.2) is 48.7 Å². The molecule has 1 aromatic carbocycles. The van der Waals surface area contributed by atoms with Gasteiger partial charge < -0.3 is 5.11 Å². The zero-order valence-corrected chi connectivity index (χ0v) is 12.3. The van der Waals surface area contributed by atoms with Crippen LogP contribution in [0.25, 0.3) is 17.1 Å². The largest absolute Gasteiger partial charge is 0.476 e. The Kier molecular flexibility index (Phi) is 3.15. The minimum Gasteiger partial charge on any atom is -0.476 e. The third kappa shape index (κ3) is 2.70. The molecule has 4 rings (SSSR count). The maximum absolute atomic E-state index is 11.0.